The summed E-state index contributed by atoms with van der Waals surface area (Å²) in [7, 11) is 2.41. The van der Waals surface area contributed by atoms with Crippen LogP contribution in [-0.2, 0) is 19.1 Å². The van der Waals surface area contributed by atoms with Gasteiger partial charge in [0, 0.05) is 11.3 Å². The number of hydrogen-bond donors (Lipinski definition) is 2. The first-order chi connectivity index (χ1) is 13.4. The standard InChI is InChI=1S/C21H22N2O5/c1-14(15-7-5-4-6-8-15)22-20(25)16-9-11-17(12-10-16)23-18(21(26)28-3)13-19(24)27-2/h4-14,23H,1-3H3,(H,22,25)/b18-13+. The van der Waals surface area contributed by atoms with Crippen molar-refractivity contribution < 1.29 is 23.9 Å². The van der Waals surface area contributed by atoms with E-state index in [0.29, 0.717) is 11.3 Å². The van der Waals surface area contributed by atoms with Crippen molar-refractivity contribution in [1.29, 1.82) is 0 Å². The van der Waals surface area contributed by atoms with Crippen molar-refractivity contribution in [3.8, 4) is 0 Å². The van der Waals surface area contributed by atoms with Crippen LogP contribution in [0.2, 0.25) is 0 Å². The topological polar surface area (TPSA) is 93.7 Å². The van der Waals surface area contributed by atoms with Crippen molar-refractivity contribution in [2.75, 3.05) is 19.5 Å². The number of benzene rings is 2. The number of nitrogens with one attached hydrogen (secondary N) is 2. The number of anilines is 1. The van der Waals surface area contributed by atoms with Crippen LogP contribution in [0.15, 0.2) is 66.4 Å². The molecule has 0 aliphatic carbocycles. The van der Waals surface area contributed by atoms with Gasteiger partial charge in [-0.2, -0.15) is 0 Å². The van der Waals surface area contributed by atoms with Crippen LogP contribution in [0.5, 0.6) is 0 Å². The number of esters is 2. The first-order valence-corrected chi connectivity index (χ1v) is 8.55. The zero-order valence-corrected chi connectivity index (χ0v) is 15.9. The molecule has 0 saturated carbocycles. The Kier molecular flexibility index (Phi) is 7.33. The maximum absolute atomic E-state index is 12.4. The first kappa shape index (κ1) is 20.7. The molecule has 7 heteroatoms. The summed E-state index contributed by atoms with van der Waals surface area (Å²) in [6.45, 7) is 1.91. The van der Waals surface area contributed by atoms with Gasteiger partial charge < -0.3 is 20.1 Å². The van der Waals surface area contributed by atoms with E-state index in [0.717, 1.165) is 11.6 Å². The van der Waals surface area contributed by atoms with Crippen LogP contribution in [0.4, 0.5) is 5.69 Å². The van der Waals surface area contributed by atoms with Gasteiger partial charge in [0.25, 0.3) is 5.91 Å². The van der Waals surface area contributed by atoms with E-state index >= 15 is 0 Å². The second-order valence-corrected chi connectivity index (χ2v) is 5.88. The second kappa shape index (κ2) is 9.91. The number of methoxy groups -OCH3 is 2. The number of carbonyl (C=O) groups excluding carboxylic acids is 3. The molecule has 0 heterocycles. The van der Waals surface area contributed by atoms with Crippen LogP contribution in [0.25, 0.3) is 0 Å². The lowest BCUT2D eigenvalue weighted by atomic mass is 10.1. The molecule has 2 rings (SSSR count). The average molecular weight is 382 g/mol. The summed E-state index contributed by atoms with van der Waals surface area (Å²) in [6, 6.07) is 16.0. The summed E-state index contributed by atoms with van der Waals surface area (Å²) >= 11 is 0. The SMILES string of the molecule is COC(=O)/C=C(/Nc1ccc(C(=O)NC(C)c2ccccc2)cc1)C(=O)OC. The number of amides is 1. The Hall–Kier alpha value is -3.61. The second-order valence-electron chi connectivity index (χ2n) is 5.88. The molecule has 0 spiro atoms. The highest BCUT2D eigenvalue weighted by Gasteiger charge is 2.14. The van der Waals surface area contributed by atoms with E-state index in [-0.39, 0.29) is 17.6 Å². The molecular formula is C21H22N2O5. The molecule has 1 atom stereocenters. The summed E-state index contributed by atoms with van der Waals surface area (Å²) in [6.07, 6.45) is 0.994. The number of ether oxygens (including phenoxy) is 2. The molecule has 0 aliphatic rings. The lowest BCUT2D eigenvalue weighted by Gasteiger charge is -2.15. The molecule has 0 radical (unpaired) electrons. The van der Waals surface area contributed by atoms with E-state index < -0.39 is 11.9 Å². The zero-order valence-electron chi connectivity index (χ0n) is 15.9. The number of carbonyl (C=O) groups is 3. The third-order valence-corrected chi connectivity index (χ3v) is 3.94. The van der Waals surface area contributed by atoms with Gasteiger partial charge in [-0.1, -0.05) is 30.3 Å². The molecule has 1 unspecified atom stereocenters. The fraction of sp³-hybridized carbons (Fsp3) is 0.190. The van der Waals surface area contributed by atoms with E-state index in [9.17, 15) is 14.4 Å². The minimum absolute atomic E-state index is 0.0794. The summed E-state index contributed by atoms with van der Waals surface area (Å²) in [5.41, 5.74) is 1.90. The molecule has 7 nitrogen and oxygen atoms in total. The van der Waals surface area contributed by atoms with Gasteiger partial charge in [-0.05, 0) is 36.8 Å². The van der Waals surface area contributed by atoms with Gasteiger partial charge in [0.1, 0.15) is 5.70 Å². The van der Waals surface area contributed by atoms with E-state index in [2.05, 4.69) is 20.1 Å². The smallest absolute Gasteiger partial charge is 0.354 e. The lowest BCUT2D eigenvalue weighted by Crippen LogP contribution is -2.26. The molecule has 2 N–H and O–H groups in total. The Morgan fingerprint density at radius 3 is 2.14 bits per heavy atom. The summed E-state index contributed by atoms with van der Waals surface area (Å²) in [5, 5.41) is 5.71. The normalized spacial score (nSPS) is 11.9. The average Bonchev–Trinajstić information content (AvgIpc) is 2.73. The predicted molar refractivity (Wildman–Crippen MR) is 105 cm³/mol. The van der Waals surface area contributed by atoms with Crippen LogP contribution < -0.4 is 10.6 Å². The third-order valence-electron chi connectivity index (χ3n) is 3.94. The molecular weight excluding hydrogens is 360 g/mol. The highest BCUT2D eigenvalue weighted by atomic mass is 16.5. The molecule has 2 aromatic rings. The summed E-state index contributed by atoms with van der Waals surface area (Å²) in [4.78, 5) is 35.6. The van der Waals surface area contributed by atoms with Crippen molar-refractivity contribution in [1.82, 2.24) is 5.32 Å². The van der Waals surface area contributed by atoms with Crippen molar-refractivity contribution >= 4 is 23.5 Å². The maximum atomic E-state index is 12.4. The molecule has 2 aromatic carbocycles. The Balaban J connectivity index is 2.07. The Labute approximate surface area is 163 Å². The molecule has 0 bridgehead atoms. The van der Waals surface area contributed by atoms with Crippen LogP contribution in [0.1, 0.15) is 28.9 Å². The monoisotopic (exact) mass is 382 g/mol. The lowest BCUT2D eigenvalue weighted by molar-refractivity contribution is -0.138. The van der Waals surface area contributed by atoms with Crippen LogP contribution in [-0.4, -0.2) is 32.1 Å². The molecule has 0 fully saturated rings. The number of rotatable bonds is 7. The van der Waals surface area contributed by atoms with Crippen molar-refractivity contribution in [2.24, 2.45) is 0 Å². The molecule has 0 saturated heterocycles. The van der Waals surface area contributed by atoms with Crippen LogP contribution >= 0.6 is 0 Å². The maximum Gasteiger partial charge on any atom is 0.354 e. The van der Waals surface area contributed by atoms with E-state index in [1.807, 2.05) is 37.3 Å². The van der Waals surface area contributed by atoms with Gasteiger partial charge in [-0.3, -0.25) is 4.79 Å². The van der Waals surface area contributed by atoms with E-state index in [1.165, 1.54) is 14.2 Å². The molecule has 0 aliphatic heterocycles. The minimum atomic E-state index is -0.719. The predicted octanol–water partition coefficient (Wildman–Crippen LogP) is 2.82. The van der Waals surface area contributed by atoms with Gasteiger partial charge in [0.15, 0.2) is 0 Å². The fourth-order valence-electron chi connectivity index (χ4n) is 2.40. The third kappa shape index (κ3) is 5.70. The van der Waals surface area contributed by atoms with Gasteiger partial charge in [-0.15, -0.1) is 0 Å². The van der Waals surface area contributed by atoms with Crippen LogP contribution in [0, 0.1) is 0 Å². The number of hydrogen-bond acceptors (Lipinski definition) is 6. The molecule has 28 heavy (non-hydrogen) atoms. The quantitative estimate of drug-likeness (QED) is 0.565. The highest BCUT2D eigenvalue weighted by Crippen LogP contribution is 2.15. The Morgan fingerprint density at radius 2 is 1.57 bits per heavy atom. The Morgan fingerprint density at radius 1 is 0.929 bits per heavy atom. The summed E-state index contributed by atoms with van der Waals surface area (Å²) < 4.78 is 9.16. The van der Waals surface area contributed by atoms with Crippen molar-refractivity contribution in [2.45, 2.75) is 13.0 Å². The molecule has 0 aromatic heterocycles. The van der Waals surface area contributed by atoms with Crippen molar-refractivity contribution in [3.63, 3.8) is 0 Å². The zero-order chi connectivity index (χ0) is 20.5. The fourth-order valence-corrected chi connectivity index (χ4v) is 2.40. The van der Waals surface area contributed by atoms with Crippen molar-refractivity contribution in [3.05, 3.63) is 77.5 Å². The minimum Gasteiger partial charge on any atom is -0.466 e. The van der Waals surface area contributed by atoms with Gasteiger partial charge in [0.2, 0.25) is 0 Å². The van der Waals surface area contributed by atoms with E-state index in [1.54, 1.807) is 24.3 Å². The largest absolute Gasteiger partial charge is 0.466 e. The molecule has 1 amide bonds. The van der Waals surface area contributed by atoms with Crippen LogP contribution in [0.3, 0.4) is 0 Å². The first-order valence-electron chi connectivity index (χ1n) is 8.55. The highest BCUT2D eigenvalue weighted by molar-refractivity contribution is 5.99. The van der Waals surface area contributed by atoms with Gasteiger partial charge in [-0.25, -0.2) is 9.59 Å². The van der Waals surface area contributed by atoms with E-state index in [4.69, 9.17) is 0 Å². The molecule has 146 valence electrons. The van der Waals surface area contributed by atoms with Gasteiger partial charge >= 0.3 is 11.9 Å². The van der Waals surface area contributed by atoms with Gasteiger partial charge in [0.05, 0.1) is 26.3 Å². The Bertz CT molecular complexity index is 860. The summed E-state index contributed by atoms with van der Waals surface area (Å²) in [5.74, 6) is -1.64.